The molecule has 0 unspecified atom stereocenters. The number of benzene rings is 1. The first kappa shape index (κ1) is 11.9. The molecular formula is C14H17NO2. The SMILES string of the molecule is C/C(=C\C(=O)N1CCOCC1)c1ccccc1. The lowest BCUT2D eigenvalue weighted by atomic mass is 10.1. The number of ether oxygens (including phenoxy) is 1. The van der Waals surface area contributed by atoms with Crippen LogP contribution in [0.1, 0.15) is 12.5 Å². The summed E-state index contributed by atoms with van der Waals surface area (Å²) in [5, 5.41) is 0. The average Bonchev–Trinajstić information content (AvgIpc) is 2.40. The fourth-order valence-corrected chi connectivity index (χ4v) is 1.84. The summed E-state index contributed by atoms with van der Waals surface area (Å²) in [5.41, 5.74) is 2.09. The van der Waals surface area contributed by atoms with Gasteiger partial charge in [-0.3, -0.25) is 4.79 Å². The number of hydrogen-bond acceptors (Lipinski definition) is 2. The van der Waals surface area contributed by atoms with Gasteiger partial charge in [-0.05, 0) is 18.1 Å². The molecule has 17 heavy (non-hydrogen) atoms. The number of nitrogens with zero attached hydrogens (tertiary/aromatic N) is 1. The van der Waals surface area contributed by atoms with E-state index in [1.807, 2.05) is 42.2 Å². The Bertz CT molecular complexity index is 405. The highest BCUT2D eigenvalue weighted by Crippen LogP contribution is 2.13. The summed E-state index contributed by atoms with van der Waals surface area (Å²) in [6, 6.07) is 9.95. The summed E-state index contributed by atoms with van der Waals surface area (Å²) >= 11 is 0. The number of amides is 1. The highest BCUT2D eigenvalue weighted by atomic mass is 16.5. The molecule has 2 rings (SSSR count). The Hall–Kier alpha value is -1.61. The van der Waals surface area contributed by atoms with E-state index in [0.717, 1.165) is 11.1 Å². The van der Waals surface area contributed by atoms with E-state index in [2.05, 4.69) is 0 Å². The van der Waals surface area contributed by atoms with Crippen molar-refractivity contribution in [3.8, 4) is 0 Å². The molecule has 3 nitrogen and oxygen atoms in total. The van der Waals surface area contributed by atoms with Crippen molar-refractivity contribution in [2.24, 2.45) is 0 Å². The van der Waals surface area contributed by atoms with Crippen molar-refractivity contribution < 1.29 is 9.53 Å². The Morgan fingerprint density at radius 3 is 2.53 bits per heavy atom. The first-order valence-corrected chi connectivity index (χ1v) is 5.88. The predicted octanol–water partition coefficient (Wildman–Crippen LogP) is 1.95. The second-order valence-corrected chi connectivity index (χ2v) is 4.13. The molecule has 3 heteroatoms. The van der Waals surface area contributed by atoms with Crippen LogP contribution in [0.15, 0.2) is 36.4 Å². The van der Waals surface area contributed by atoms with Gasteiger partial charge in [0, 0.05) is 19.2 Å². The second kappa shape index (κ2) is 5.64. The van der Waals surface area contributed by atoms with E-state index in [1.54, 1.807) is 6.08 Å². The standard InChI is InChI=1S/C14H17NO2/c1-12(13-5-3-2-4-6-13)11-14(16)15-7-9-17-10-8-15/h2-6,11H,7-10H2,1H3/b12-11+. The molecule has 1 aromatic rings. The fraction of sp³-hybridized carbons (Fsp3) is 0.357. The van der Waals surface area contributed by atoms with Crippen LogP contribution in [0.5, 0.6) is 0 Å². The predicted molar refractivity (Wildman–Crippen MR) is 67.5 cm³/mol. The summed E-state index contributed by atoms with van der Waals surface area (Å²) in [7, 11) is 0. The number of carbonyl (C=O) groups excluding carboxylic acids is 1. The Morgan fingerprint density at radius 2 is 1.88 bits per heavy atom. The van der Waals surface area contributed by atoms with E-state index in [1.165, 1.54) is 0 Å². The van der Waals surface area contributed by atoms with E-state index in [4.69, 9.17) is 4.74 Å². The first-order chi connectivity index (χ1) is 8.27. The highest BCUT2D eigenvalue weighted by Gasteiger charge is 2.14. The zero-order valence-corrected chi connectivity index (χ0v) is 10.1. The second-order valence-electron chi connectivity index (χ2n) is 4.13. The molecule has 0 aromatic heterocycles. The molecule has 1 amide bonds. The molecule has 90 valence electrons. The normalized spacial score (nSPS) is 17.0. The number of hydrogen-bond donors (Lipinski definition) is 0. The topological polar surface area (TPSA) is 29.5 Å². The van der Waals surface area contributed by atoms with Crippen LogP contribution in [0.4, 0.5) is 0 Å². The molecule has 1 heterocycles. The monoisotopic (exact) mass is 231 g/mol. The van der Waals surface area contributed by atoms with E-state index in [9.17, 15) is 4.79 Å². The van der Waals surface area contributed by atoms with Gasteiger partial charge in [0.2, 0.25) is 5.91 Å². The quantitative estimate of drug-likeness (QED) is 0.728. The van der Waals surface area contributed by atoms with E-state index in [0.29, 0.717) is 26.3 Å². The lowest BCUT2D eigenvalue weighted by molar-refractivity contribution is -0.129. The lowest BCUT2D eigenvalue weighted by Crippen LogP contribution is -2.39. The third kappa shape index (κ3) is 3.17. The molecular weight excluding hydrogens is 214 g/mol. The van der Waals surface area contributed by atoms with Crippen LogP contribution in [-0.2, 0) is 9.53 Å². The Labute approximate surface area is 102 Å². The van der Waals surface area contributed by atoms with E-state index in [-0.39, 0.29) is 5.91 Å². The molecule has 1 aromatic carbocycles. The van der Waals surface area contributed by atoms with Crippen molar-refractivity contribution in [2.75, 3.05) is 26.3 Å². The van der Waals surface area contributed by atoms with Crippen LogP contribution in [-0.4, -0.2) is 37.1 Å². The van der Waals surface area contributed by atoms with Gasteiger partial charge in [-0.2, -0.15) is 0 Å². The maximum absolute atomic E-state index is 12.0. The van der Waals surface area contributed by atoms with Crippen LogP contribution in [0.2, 0.25) is 0 Å². The van der Waals surface area contributed by atoms with Gasteiger partial charge in [0.05, 0.1) is 13.2 Å². The molecule has 1 aliphatic heterocycles. The van der Waals surface area contributed by atoms with Gasteiger partial charge >= 0.3 is 0 Å². The largest absolute Gasteiger partial charge is 0.378 e. The van der Waals surface area contributed by atoms with Crippen molar-refractivity contribution in [1.29, 1.82) is 0 Å². The third-order valence-corrected chi connectivity index (χ3v) is 2.89. The maximum Gasteiger partial charge on any atom is 0.246 e. The van der Waals surface area contributed by atoms with Crippen LogP contribution in [0, 0.1) is 0 Å². The summed E-state index contributed by atoms with van der Waals surface area (Å²) in [6.45, 7) is 4.64. The van der Waals surface area contributed by atoms with Gasteiger partial charge in [0.25, 0.3) is 0 Å². The van der Waals surface area contributed by atoms with Crippen molar-refractivity contribution in [2.45, 2.75) is 6.92 Å². The molecule has 0 aliphatic carbocycles. The maximum atomic E-state index is 12.0. The van der Waals surface area contributed by atoms with Crippen molar-refractivity contribution in [3.63, 3.8) is 0 Å². The summed E-state index contributed by atoms with van der Waals surface area (Å²) < 4.78 is 5.22. The first-order valence-electron chi connectivity index (χ1n) is 5.88. The van der Waals surface area contributed by atoms with Crippen molar-refractivity contribution in [3.05, 3.63) is 42.0 Å². The molecule has 0 radical (unpaired) electrons. The summed E-state index contributed by atoms with van der Waals surface area (Å²) in [5.74, 6) is 0.0784. The van der Waals surface area contributed by atoms with Gasteiger partial charge in [-0.1, -0.05) is 30.3 Å². The molecule has 0 N–H and O–H groups in total. The minimum atomic E-state index is 0.0784. The fourth-order valence-electron chi connectivity index (χ4n) is 1.84. The van der Waals surface area contributed by atoms with Gasteiger partial charge in [0.1, 0.15) is 0 Å². The molecule has 1 fully saturated rings. The molecule has 0 spiro atoms. The minimum Gasteiger partial charge on any atom is -0.378 e. The van der Waals surface area contributed by atoms with Crippen LogP contribution < -0.4 is 0 Å². The van der Waals surface area contributed by atoms with Gasteiger partial charge in [-0.15, -0.1) is 0 Å². The number of carbonyl (C=O) groups is 1. The minimum absolute atomic E-state index is 0.0784. The Morgan fingerprint density at radius 1 is 1.24 bits per heavy atom. The number of morpholine rings is 1. The Kier molecular flexibility index (Phi) is 3.94. The zero-order chi connectivity index (χ0) is 12.1. The number of rotatable bonds is 2. The van der Waals surface area contributed by atoms with E-state index < -0.39 is 0 Å². The smallest absolute Gasteiger partial charge is 0.246 e. The van der Waals surface area contributed by atoms with Crippen LogP contribution >= 0.6 is 0 Å². The average molecular weight is 231 g/mol. The molecule has 0 bridgehead atoms. The lowest BCUT2D eigenvalue weighted by Gasteiger charge is -2.25. The summed E-state index contributed by atoms with van der Waals surface area (Å²) in [6.07, 6.45) is 1.71. The zero-order valence-electron chi connectivity index (χ0n) is 10.1. The van der Waals surface area contributed by atoms with Crippen LogP contribution in [0.3, 0.4) is 0 Å². The number of allylic oxidation sites excluding steroid dienone is 1. The Balaban J connectivity index is 2.05. The van der Waals surface area contributed by atoms with Crippen molar-refractivity contribution >= 4 is 11.5 Å². The third-order valence-electron chi connectivity index (χ3n) is 2.89. The van der Waals surface area contributed by atoms with Gasteiger partial charge < -0.3 is 9.64 Å². The molecule has 0 saturated carbocycles. The molecule has 1 aliphatic rings. The van der Waals surface area contributed by atoms with E-state index >= 15 is 0 Å². The van der Waals surface area contributed by atoms with Gasteiger partial charge in [0.15, 0.2) is 0 Å². The molecule has 0 atom stereocenters. The molecule has 1 saturated heterocycles. The summed E-state index contributed by atoms with van der Waals surface area (Å²) in [4.78, 5) is 13.8. The van der Waals surface area contributed by atoms with Gasteiger partial charge in [-0.25, -0.2) is 0 Å². The van der Waals surface area contributed by atoms with Crippen LogP contribution in [0.25, 0.3) is 5.57 Å². The van der Waals surface area contributed by atoms with Crippen molar-refractivity contribution in [1.82, 2.24) is 4.90 Å². The highest BCUT2D eigenvalue weighted by molar-refractivity contribution is 5.94.